The van der Waals surface area contributed by atoms with E-state index in [1.165, 1.54) is 4.68 Å². The molecule has 17 heavy (non-hydrogen) atoms. The first-order chi connectivity index (χ1) is 8.10. The highest BCUT2D eigenvalue weighted by Crippen LogP contribution is 2.08. The van der Waals surface area contributed by atoms with E-state index in [0.717, 1.165) is 18.5 Å². The van der Waals surface area contributed by atoms with Gasteiger partial charge in [0, 0.05) is 5.69 Å². The van der Waals surface area contributed by atoms with Gasteiger partial charge in [0.25, 0.3) is 0 Å². The molecular formula is C12H18N2O3. The molecule has 0 aromatic carbocycles. The molecule has 5 heteroatoms. The summed E-state index contributed by atoms with van der Waals surface area (Å²) in [5, 5.41) is 9.09. The van der Waals surface area contributed by atoms with Gasteiger partial charge in [0.05, 0.1) is 0 Å². The summed E-state index contributed by atoms with van der Waals surface area (Å²) in [6.07, 6.45) is 3.03. The fourth-order valence-corrected chi connectivity index (χ4v) is 1.63. The quantitative estimate of drug-likeness (QED) is 0.710. The lowest BCUT2D eigenvalue weighted by Crippen LogP contribution is -2.36. The van der Waals surface area contributed by atoms with Crippen molar-refractivity contribution in [3.63, 3.8) is 0 Å². The number of aldehydes is 1. The van der Waals surface area contributed by atoms with Gasteiger partial charge in [-0.05, 0) is 25.5 Å². The zero-order valence-corrected chi connectivity index (χ0v) is 10.1. The summed E-state index contributed by atoms with van der Waals surface area (Å²) in [5.74, 6) is -0.900. The number of rotatable bonds is 7. The Kier molecular flexibility index (Phi) is 4.75. The van der Waals surface area contributed by atoms with Crippen molar-refractivity contribution in [2.75, 3.05) is 5.43 Å². The smallest absolute Gasteiger partial charge is 0.327 e. The van der Waals surface area contributed by atoms with Crippen LogP contribution in [0.4, 0.5) is 0 Å². The van der Waals surface area contributed by atoms with Gasteiger partial charge >= 0.3 is 5.97 Å². The number of hydrogen-bond donors (Lipinski definition) is 2. The molecule has 0 fully saturated rings. The molecule has 0 radical (unpaired) electrons. The molecule has 1 heterocycles. The molecule has 0 bridgehead atoms. The minimum atomic E-state index is -0.900. The van der Waals surface area contributed by atoms with Crippen molar-refractivity contribution >= 4 is 12.3 Å². The number of hydrogen-bond acceptors (Lipinski definition) is 3. The van der Waals surface area contributed by atoms with Crippen LogP contribution in [-0.2, 0) is 4.79 Å². The van der Waals surface area contributed by atoms with E-state index in [-0.39, 0.29) is 0 Å². The highest BCUT2D eigenvalue weighted by molar-refractivity contribution is 5.76. The van der Waals surface area contributed by atoms with Gasteiger partial charge in [0.1, 0.15) is 11.7 Å². The minimum absolute atomic E-state index is 0.435. The van der Waals surface area contributed by atoms with E-state index < -0.39 is 12.0 Å². The molecular weight excluding hydrogens is 220 g/mol. The molecule has 0 saturated heterocycles. The summed E-state index contributed by atoms with van der Waals surface area (Å²) < 4.78 is 1.53. The first-order valence-corrected chi connectivity index (χ1v) is 5.73. The van der Waals surface area contributed by atoms with Crippen molar-refractivity contribution in [3.8, 4) is 0 Å². The Hall–Kier alpha value is -1.78. The molecule has 0 aliphatic heterocycles. The van der Waals surface area contributed by atoms with Crippen molar-refractivity contribution in [1.82, 2.24) is 4.68 Å². The van der Waals surface area contributed by atoms with E-state index in [1.54, 1.807) is 12.1 Å². The normalized spacial score (nSPS) is 12.1. The summed E-state index contributed by atoms with van der Waals surface area (Å²) in [4.78, 5) is 21.9. The van der Waals surface area contributed by atoms with Crippen LogP contribution in [0.3, 0.4) is 0 Å². The van der Waals surface area contributed by atoms with Gasteiger partial charge < -0.3 is 10.5 Å². The largest absolute Gasteiger partial charge is 0.480 e. The standard InChI is InChI=1S/C12H18N2O3/c1-3-4-5-11(12(16)17)13-14-9(2)6-7-10(14)8-15/h6-8,11,13H,3-5H2,1-2H3,(H,16,17)/t11-/m0/s1. The number of carboxylic acid groups (broad SMARTS) is 1. The second-order valence-corrected chi connectivity index (χ2v) is 4.01. The third-order valence-corrected chi connectivity index (χ3v) is 2.66. The van der Waals surface area contributed by atoms with Crippen LogP contribution >= 0.6 is 0 Å². The van der Waals surface area contributed by atoms with Crippen molar-refractivity contribution in [2.45, 2.75) is 39.2 Å². The third kappa shape index (κ3) is 3.34. The predicted octanol–water partition coefficient (Wildman–Crippen LogP) is 1.80. The molecule has 1 aromatic rings. The molecule has 1 rings (SSSR count). The van der Waals surface area contributed by atoms with Crippen LogP contribution in [0, 0.1) is 6.92 Å². The zero-order valence-electron chi connectivity index (χ0n) is 10.1. The van der Waals surface area contributed by atoms with E-state index in [0.29, 0.717) is 18.4 Å². The van der Waals surface area contributed by atoms with Crippen molar-refractivity contribution in [1.29, 1.82) is 0 Å². The molecule has 0 spiro atoms. The third-order valence-electron chi connectivity index (χ3n) is 2.66. The number of carboxylic acids is 1. The van der Waals surface area contributed by atoms with Crippen LogP contribution in [0.2, 0.25) is 0 Å². The van der Waals surface area contributed by atoms with Crippen LogP contribution in [-0.4, -0.2) is 28.1 Å². The lowest BCUT2D eigenvalue weighted by Gasteiger charge is -2.18. The molecule has 0 unspecified atom stereocenters. The Morgan fingerprint density at radius 2 is 2.29 bits per heavy atom. The highest BCUT2D eigenvalue weighted by Gasteiger charge is 2.18. The van der Waals surface area contributed by atoms with Gasteiger partial charge in [-0.1, -0.05) is 19.8 Å². The lowest BCUT2D eigenvalue weighted by atomic mass is 10.1. The topological polar surface area (TPSA) is 71.3 Å². The number of aryl methyl sites for hydroxylation is 1. The fraction of sp³-hybridized carbons (Fsp3) is 0.500. The Morgan fingerprint density at radius 1 is 1.59 bits per heavy atom. The average molecular weight is 238 g/mol. The number of unbranched alkanes of at least 4 members (excludes halogenated alkanes) is 1. The van der Waals surface area contributed by atoms with Crippen LogP contribution in [0.1, 0.15) is 42.4 Å². The van der Waals surface area contributed by atoms with E-state index in [1.807, 2.05) is 13.8 Å². The first kappa shape index (κ1) is 13.3. The van der Waals surface area contributed by atoms with E-state index in [9.17, 15) is 9.59 Å². The van der Waals surface area contributed by atoms with E-state index in [4.69, 9.17) is 5.11 Å². The summed E-state index contributed by atoms with van der Waals surface area (Å²) in [6, 6.07) is 2.77. The molecule has 1 atom stereocenters. The van der Waals surface area contributed by atoms with Crippen molar-refractivity contribution in [2.24, 2.45) is 0 Å². The second-order valence-electron chi connectivity index (χ2n) is 4.01. The summed E-state index contributed by atoms with van der Waals surface area (Å²) in [7, 11) is 0. The predicted molar refractivity (Wildman–Crippen MR) is 64.9 cm³/mol. The second kappa shape index (κ2) is 6.08. The van der Waals surface area contributed by atoms with Gasteiger partial charge in [-0.3, -0.25) is 9.47 Å². The summed E-state index contributed by atoms with van der Waals surface area (Å²) in [6.45, 7) is 3.83. The maximum atomic E-state index is 11.1. The molecule has 5 nitrogen and oxygen atoms in total. The number of carbonyl (C=O) groups excluding carboxylic acids is 1. The fourth-order valence-electron chi connectivity index (χ4n) is 1.63. The molecule has 2 N–H and O–H groups in total. The molecule has 0 aliphatic carbocycles. The maximum absolute atomic E-state index is 11.1. The maximum Gasteiger partial charge on any atom is 0.327 e. The highest BCUT2D eigenvalue weighted by atomic mass is 16.4. The SMILES string of the molecule is CCCC[C@H](Nn1c(C)ccc1C=O)C(=O)O. The minimum Gasteiger partial charge on any atom is -0.480 e. The molecule has 0 saturated carbocycles. The van der Waals surface area contributed by atoms with Crippen LogP contribution in [0.15, 0.2) is 12.1 Å². The van der Waals surface area contributed by atoms with Gasteiger partial charge in [-0.2, -0.15) is 0 Å². The number of aliphatic carboxylic acids is 1. The van der Waals surface area contributed by atoms with Gasteiger partial charge in [0.2, 0.25) is 0 Å². The number of nitrogens with zero attached hydrogens (tertiary/aromatic N) is 1. The lowest BCUT2D eigenvalue weighted by molar-refractivity contribution is -0.138. The zero-order chi connectivity index (χ0) is 12.8. The van der Waals surface area contributed by atoms with Crippen LogP contribution in [0.5, 0.6) is 0 Å². The first-order valence-electron chi connectivity index (χ1n) is 5.73. The summed E-state index contributed by atoms with van der Waals surface area (Å²) in [5.41, 5.74) is 4.12. The Morgan fingerprint density at radius 3 is 2.82 bits per heavy atom. The number of aromatic nitrogens is 1. The van der Waals surface area contributed by atoms with Gasteiger partial charge in [-0.25, -0.2) is 4.79 Å². The van der Waals surface area contributed by atoms with E-state index in [2.05, 4.69) is 5.43 Å². The van der Waals surface area contributed by atoms with Crippen LogP contribution in [0.25, 0.3) is 0 Å². The van der Waals surface area contributed by atoms with Gasteiger partial charge in [0.15, 0.2) is 6.29 Å². The molecule has 0 amide bonds. The number of carbonyl (C=O) groups is 2. The number of nitrogens with one attached hydrogen (secondary N) is 1. The molecule has 94 valence electrons. The Labute approximate surface area is 100 Å². The van der Waals surface area contributed by atoms with Crippen LogP contribution < -0.4 is 5.43 Å². The monoisotopic (exact) mass is 238 g/mol. The summed E-state index contributed by atoms with van der Waals surface area (Å²) >= 11 is 0. The Bertz CT molecular complexity index is 398. The van der Waals surface area contributed by atoms with E-state index >= 15 is 0 Å². The van der Waals surface area contributed by atoms with Crippen molar-refractivity contribution < 1.29 is 14.7 Å². The van der Waals surface area contributed by atoms with Crippen molar-refractivity contribution in [3.05, 3.63) is 23.5 Å². The Balaban J connectivity index is 2.81. The molecule has 1 aromatic heterocycles. The average Bonchev–Trinajstić information content (AvgIpc) is 2.65. The molecule has 0 aliphatic rings. The van der Waals surface area contributed by atoms with Gasteiger partial charge in [-0.15, -0.1) is 0 Å².